The number of rotatable bonds is 1. The predicted octanol–water partition coefficient (Wildman–Crippen LogP) is 9.44. The Morgan fingerprint density at radius 1 is 0.971 bits per heavy atom. The third-order valence-corrected chi connectivity index (χ3v) is 6.13. The molecule has 1 aliphatic heterocycles. The van der Waals surface area contributed by atoms with Gasteiger partial charge in [-0.1, -0.05) is 120 Å². The second-order valence-corrected chi connectivity index (χ2v) is 14.6. The highest BCUT2D eigenvalue weighted by Gasteiger charge is 2.32. The molecule has 0 amide bonds. The first-order valence-corrected chi connectivity index (χ1v) is 13.4. The van der Waals surface area contributed by atoms with E-state index in [4.69, 9.17) is 9.05 Å². The van der Waals surface area contributed by atoms with Crippen LogP contribution in [0.15, 0.2) is 71.3 Å². The van der Waals surface area contributed by atoms with Crippen LogP contribution in [0.3, 0.4) is 0 Å². The van der Waals surface area contributed by atoms with Crippen molar-refractivity contribution in [2.24, 2.45) is 21.7 Å². The Hall–Kier alpha value is -1.77. The zero-order chi connectivity index (χ0) is 26.8. The van der Waals surface area contributed by atoms with E-state index in [2.05, 4.69) is 60.3 Å². The molecule has 0 aromatic rings. The van der Waals surface area contributed by atoms with Crippen molar-refractivity contribution in [3.8, 4) is 0 Å². The van der Waals surface area contributed by atoms with Gasteiger partial charge >= 0.3 is 7.82 Å². The normalized spacial score (nSPS) is 27.4. The molecule has 0 saturated carbocycles. The summed E-state index contributed by atoms with van der Waals surface area (Å²) in [6.45, 7) is 29.2. The first kappa shape index (κ1) is 30.3. The second-order valence-electron chi connectivity index (χ2n) is 13.2. The Balaban J connectivity index is 3.85. The Morgan fingerprint density at radius 3 is 1.94 bits per heavy atom. The van der Waals surface area contributed by atoms with Gasteiger partial charge in [0.05, 0.1) is 6.26 Å². The summed E-state index contributed by atoms with van der Waals surface area (Å²) < 4.78 is 24.3. The van der Waals surface area contributed by atoms with E-state index >= 15 is 0 Å². The Labute approximate surface area is 208 Å². The van der Waals surface area contributed by atoms with Crippen molar-refractivity contribution in [2.75, 3.05) is 0 Å². The van der Waals surface area contributed by atoms with Crippen molar-refractivity contribution < 1.29 is 18.5 Å². The lowest BCUT2D eigenvalue weighted by molar-refractivity contribution is 0.225. The van der Waals surface area contributed by atoms with Gasteiger partial charge in [-0.2, -0.15) is 0 Å². The van der Waals surface area contributed by atoms with Crippen molar-refractivity contribution in [3.63, 3.8) is 0 Å². The zero-order valence-corrected chi connectivity index (χ0v) is 24.4. The summed E-state index contributed by atoms with van der Waals surface area (Å²) in [5.41, 5.74) is 2.44. The molecule has 0 bridgehead atoms. The number of hydrogen-bond donors (Lipinski definition) is 1. The summed E-state index contributed by atoms with van der Waals surface area (Å²) in [5.74, 6) is 0.302. The van der Waals surface area contributed by atoms with Gasteiger partial charge in [-0.25, -0.2) is 4.57 Å². The van der Waals surface area contributed by atoms with Crippen molar-refractivity contribution in [2.45, 2.75) is 89.5 Å². The molecule has 1 N–H and O–H groups in total. The molecule has 5 heteroatoms. The monoisotopic (exact) mass is 490 g/mol. The van der Waals surface area contributed by atoms with Crippen LogP contribution in [0, 0.1) is 21.7 Å². The molecular weight excluding hydrogens is 443 g/mol. The Morgan fingerprint density at radius 2 is 1.50 bits per heavy atom. The summed E-state index contributed by atoms with van der Waals surface area (Å²) in [6, 6.07) is 0. The van der Waals surface area contributed by atoms with Crippen molar-refractivity contribution in [1.29, 1.82) is 0 Å². The van der Waals surface area contributed by atoms with Gasteiger partial charge in [0.2, 0.25) is 0 Å². The van der Waals surface area contributed by atoms with Gasteiger partial charge < -0.3 is 9.05 Å². The molecule has 0 aromatic carbocycles. The minimum atomic E-state index is -4.47. The molecule has 1 aliphatic rings. The van der Waals surface area contributed by atoms with Gasteiger partial charge in [0, 0.05) is 5.57 Å². The van der Waals surface area contributed by atoms with E-state index in [1.165, 1.54) is 6.26 Å². The van der Waals surface area contributed by atoms with Crippen LogP contribution in [0.2, 0.25) is 0 Å². The van der Waals surface area contributed by atoms with Crippen LogP contribution in [0.1, 0.15) is 89.5 Å². The molecule has 0 spiro atoms. The third kappa shape index (κ3) is 9.84. The molecule has 0 radical (unpaired) electrons. The van der Waals surface area contributed by atoms with Gasteiger partial charge in [0.1, 0.15) is 5.76 Å². The highest BCUT2D eigenvalue weighted by atomic mass is 31.2. The smallest absolute Gasteiger partial charge is 0.403 e. The molecule has 1 heterocycles. The molecule has 0 aliphatic carbocycles. The van der Waals surface area contributed by atoms with Gasteiger partial charge in [-0.05, 0) is 44.8 Å². The molecule has 0 fully saturated rings. The molecule has 34 heavy (non-hydrogen) atoms. The summed E-state index contributed by atoms with van der Waals surface area (Å²) in [4.78, 5) is 10.7. The van der Waals surface area contributed by atoms with Crippen molar-refractivity contribution in [1.82, 2.24) is 0 Å². The lowest BCUT2D eigenvalue weighted by atomic mass is 9.80. The second kappa shape index (κ2) is 10.5. The molecule has 192 valence electrons. The highest BCUT2D eigenvalue weighted by molar-refractivity contribution is 7.47. The fraction of sp³-hybridized carbons (Fsp3) is 0.586. The van der Waals surface area contributed by atoms with Crippen LogP contribution in [0.4, 0.5) is 0 Å². The number of phosphoric acid groups is 1. The standard InChI is InChI=1S/C29H47O4P/c1-21-15-14-16-22(27(5,6)7)19-23(28(8,9)10)20-32-34(30,31)33-25(21)24(29(11,12)13)17-18-26(2,3)4/h14,16-20H,1,15H2,2-13H3,(H,30,31)/b16-14+,18-17+,22-19+,23-20-,25-24-. The average molecular weight is 491 g/mol. The largest absolute Gasteiger partial charge is 0.584 e. The Kier molecular flexibility index (Phi) is 9.31. The summed E-state index contributed by atoms with van der Waals surface area (Å²) >= 11 is 0. The van der Waals surface area contributed by atoms with Crippen LogP contribution in [0.25, 0.3) is 0 Å². The minimum absolute atomic E-state index is 0.0696. The first-order chi connectivity index (χ1) is 15.0. The number of phosphoric ester groups is 1. The Bertz CT molecular complexity index is 960. The molecule has 1 atom stereocenters. The maximum absolute atomic E-state index is 13.1. The molecule has 0 saturated heterocycles. The van der Waals surface area contributed by atoms with E-state index in [1.807, 2.05) is 59.8 Å². The molecule has 4 nitrogen and oxygen atoms in total. The lowest BCUT2D eigenvalue weighted by Crippen LogP contribution is -2.15. The topological polar surface area (TPSA) is 55.8 Å². The van der Waals surface area contributed by atoms with Crippen molar-refractivity contribution >= 4 is 7.82 Å². The van der Waals surface area contributed by atoms with Crippen LogP contribution in [-0.4, -0.2) is 4.89 Å². The lowest BCUT2D eigenvalue weighted by Gasteiger charge is -2.28. The SMILES string of the molecule is C=C1C/C=C/C(C(C)(C)C)=C\C(C(C)(C)C)=C\OP(=O)(O)O/C1=C(/C=C/C(C)(C)C)C(C)(C)C. The van der Waals surface area contributed by atoms with Gasteiger partial charge in [-0.15, -0.1) is 0 Å². The molecule has 0 aromatic heterocycles. The zero-order valence-electron chi connectivity index (χ0n) is 23.5. The average Bonchev–Trinajstić information content (AvgIpc) is 2.57. The molecular formula is C29H47O4P. The number of hydrogen-bond acceptors (Lipinski definition) is 3. The van der Waals surface area contributed by atoms with E-state index in [1.54, 1.807) is 0 Å². The van der Waals surface area contributed by atoms with E-state index in [0.29, 0.717) is 17.8 Å². The predicted molar refractivity (Wildman–Crippen MR) is 145 cm³/mol. The summed E-state index contributed by atoms with van der Waals surface area (Å²) in [6.07, 6.45) is 12.1. The summed E-state index contributed by atoms with van der Waals surface area (Å²) in [5, 5.41) is 0. The highest BCUT2D eigenvalue weighted by Crippen LogP contribution is 2.51. The van der Waals surface area contributed by atoms with E-state index in [0.717, 1.165) is 16.7 Å². The minimum Gasteiger partial charge on any atom is -0.403 e. The van der Waals surface area contributed by atoms with E-state index < -0.39 is 7.82 Å². The third-order valence-electron chi connectivity index (χ3n) is 5.35. The van der Waals surface area contributed by atoms with Crippen molar-refractivity contribution in [3.05, 3.63) is 71.3 Å². The van der Waals surface area contributed by atoms with E-state index in [-0.39, 0.29) is 21.7 Å². The fourth-order valence-corrected chi connectivity index (χ4v) is 3.84. The van der Waals surface area contributed by atoms with Gasteiger partial charge in [0.25, 0.3) is 0 Å². The maximum Gasteiger partial charge on any atom is 0.584 e. The van der Waals surface area contributed by atoms with Gasteiger partial charge in [-0.3, -0.25) is 4.89 Å². The fourth-order valence-electron chi connectivity index (χ4n) is 3.09. The maximum atomic E-state index is 13.1. The van der Waals surface area contributed by atoms with Gasteiger partial charge in [0.15, 0.2) is 0 Å². The quantitative estimate of drug-likeness (QED) is 0.372. The van der Waals surface area contributed by atoms with Crippen LogP contribution >= 0.6 is 7.82 Å². The van der Waals surface area contributed by atoms with E-state index in [9.17, 15) is 9.46 Å². The molecule has 1 rings (SSSR count). The van der Waals surface area contributed by atoms with Crippen LogP contribution < -0.4 is 0 Å². The number of allylic oxidation sites excluding steroid dienone is 9. The summed E-state index contributed by atoms with van der Waals surface area (Å²) in [7, 11) is -4.47. The van der Waals surface area contributed by atoms with Crippen LogP contribution in [-0.2, 0) is 13.6 Å². The molecule has 1 unspecified atom stereocenters. The first-order valence-electron chi connectivity index (χ1n) is 12.0. The van der Waals surface area contributed by atoms with Crippen LogP contribution in [0.5, 0.6) is 0 Å².